The molecule has 1 fully saturated rings. The molecule has 160 valence electrons. The number of amides is 2. The number of aromatic nitrogens is 1. The molecule has 31 heavy (non-hydrogen) atoms. The minimum atomic E-state index is -0.631. The van der Waals surface area contributed by atoms with E-state index in [4.69, 9.17) is 0 Å². The Morgan fingerprint density at radius 1 is 1.16 bits per heavy atom. The number of carbonyl (C=O) groups excluding carboxylic acids is 2. The molecule has 4 rings (SSSR count). The van der Waals surface area contributed by atoms with Gasteiger partial charge in [-0.3, -0.25) is 14.6 Å². The fourth-order valence-electron chi connectivity index (χ4n) is 4.51. The normalized spacial score (nSPS) is 18.6. The summed E-state index contributed by atoms with van der Waals surface area (Å²) >= 11 is 1.71. The maximum Gasteiger partial charge on any atom is 0.255 e. The number of pyridine rings is 1. The summed E-state index contributed by atoms with van der Waals surface area (Å²) in [7, 11) is 3.60. The van der Waals surface area contributed by atoms with Crippen LogP contribution in [-0.4, -0.2) is 53.8 Å². The second-order valence-corrected chi connectivity index (χ2v) is 9.35. The summed E-state index contributed by atoms with van der Waals surface area (Å²) in [5.74, 6) is 0.0220. The van der Waals surface area contributed by atoms with Gasteiger partial charge >= 0.3 is 0 Å². The van der Waals surface area contributed by atoms with Crippen LogP contribution in [0.3, 0.4) is 0 Å². The van der Waals surface area contributed by atoms with Crippen molar-refractivity contribution in [3.05, 3.63) is 77.4 Å². The summed E-state index contributed by atoms with van der Waals surface area (Å²) in [5.41, 5.74) is 2.22. The van der Waals surface area contributed by atoms with Gasteiger partial charge in [-0.1, -0.05) is 30.3 Å². The summed E-state index contributed by atoms with van der Waals surface area (Å²) in [6, 6.07) is 16.1. The van der Waals surface area contributed by atoms with Gasteiger partial charge in [0, 0.05) is 44.5 Å². The van der Waals surface area contributed by atoms with Crippen LogP contribution >= 0.6 is 11.3 Å². The zero-order valence-corrected chi connectivity index (χ0v) is 18.8. The molecule has 5 nitrogen and oxygen atoms in total. The zero-order valence-electron chi connectivity index (χ0n) is 18.0. The highest BCUT2D eigenvalue weighted by Crippen LogP contribution is 2.37. The van der Waals surface area contributed by atoms with Crippen molar-refractivity contribution in [2.45, 2.75) is 19.3 Å². The van der Waals surface area contributed by atoms with Crippen LogP contribution in [-0.2, 0) is 11.2 Å². The summed E-state index contributed by atoms with van der Waals surface area (Å²) in [4.78, 5) is 35.3. The third-order valence-electron chi connectivity index (χ3n) is 5.91. The highest BCUT2D eigenvalue weighted by molar-refractivity contribution is 7.13. The maximum atomic E-state index is 13.4. The van der Waals surface area contributed by atoms with E-state index in [0.717, 1.165) is 18.4 Å². The Kier molecular flexibility index (Phi) is 6.18. The van der Waals surface area contributed by atoms with Gasteiger partial charge in [-0.15, -0.1) is 11.3 Å². The molecule has 0 spiro atoms. The molecule has 1 atom stereocenters. The van der Waals surface area contributed by atoms with Crippen molar-refractivity contribution in [2.24, 2.45) is 5.41 Å². The van der Waals surface area contributed by atoms with E-state index in [9.17, 15) is 9.59 Å². The first-order valence-electron chi connectivity index (χ1n) is 10.5. The third-order valence-corrected chi connectivity index (χ3v) is 6.83. The van der Waals surface area contributed by atoms with Gasteiger partial charge in [-0.05, 0) is 54.0 Å². The molecule has 1 aliphatic heterocycles. The predicted octanol–water partition coefficient (Wildman–Crippen LogP) is 4.36. The molecule has 1 aliphatic rings. The van der Waals surface area contributed by atoms with Crippen molar-refractivity contribution in [3.8, 4) is 10.4 Å². The van der Waals surface area contributed by atoms with Crippen molar-refractivity contribution in [1.29, 1.82) is 0 Å². The number of rotatable bonds is 5. The van der Waals surface area contributed by atoms with Crippen molar-refractivity contribution in [3.63, 3.8) is 0 Å². The molecule has 1 aromatic carbocycles. The van der Waals surface area contributed by atoms with Crippen LogP contribution in [0.2, 0.25) is 0 Å². The second-order valence-electron chi connectivity index (χ2n) is 8.41. The predicted molar refractivity (Wildman–Crippen MR) is 124 cm³/mol. The number of benzene rings is 1. The molecule has 0 N–H and O–H groups in total. The molecule has 6 heteroatoms. The summed E-state index contributed by atoms with van der Waals surface area (Å²) in [5, 5.41) is 2.07. The first kappa shape index (κ1) is 21.2. The van der Waals surface area contributed by atoms with Crippen LogP contribution in [0.25, 0.3) is 10.4 Å². The van der Waals surface area contributed by atoms with Gasteiger partial charge < -0.3 is 9.80 Å². The van der Waals surface area contributed by atoms with Crippen molar-refractivity contribution < 1.29 is 9.59 Å². The quantitative estimate of drug-likeness (QED) is 0.601. The minimum absolute atomic E-state index is 0.0592. The van der Waals surface area contributed by atoms with E-state index in [1.54, 1.807) is 54.9 Å². The fourth-order valence-corrected chi connectivity index (χ4v) is 5.24. The zero-order chi connectivity index (χ0) is 21.8. The molecule has 0 aliphatic carbocycles. The smallest absolute Gasteiger partial charge is 0.255 e. The number of piperidine rings is 1. The van der Waals surface area contributed by atoms with Crippen LogP contribution in [0.5, 0.6) is 0 Å². The van der Waals surface area contributed by atoms with Crippen LogP contribution in [0.1, 0.15) is 28.8 Å². The third kappa shape index (κ3) is 4.54. The lowest BCUT2D eigenvalue weighted by molar-refractivity contribution is -0.142. The molecular weight excluding hydrogens is 406 g/mol. The highest BCUT2D eigenvalue weighted by atomic mass is 32.1. The van der Waals surface area contributed by atoms with E-state index in [0.29, 0.717) is 25.1 Å². The number of nitrogens with zero attached hydrogens (tertiary/aromatic N) is 3. The Morgan fingerprint density at radius 3 is 2.74 bits per heavy atom. The second kappa shape index (κ2) is 9.02. The van der Waals surface area contributed by atoms with Crippen molar-refractivity contribution in [2.75, 3.05) is 27.2 Å². The molecule has 1 saturated heterocycles. The van der Waals surface area contributed by atoms with Gasteiger partial charge in [0.05, 0.1) is 11.0 Å². The molecular formula is C25H27N3O2S. The Hall–Kier alpha value is -2.99. The average Bonchev–Trinajstić information content (AvgIpc) is 3.34. The van der Waals surface area contributed by atoms with Crippen LogP contribution < -0.4 is 0 Å². The molecule has 0 radical (unpaired) electrons. The molecule has 3 aromatic rings. The first-order valence-corrected chi connectivity index (χ1v) is 11.4. The molecule has 0 unspecified atom stereocenters. The number of thiophene rings is 1. The molecule has 0 bridgehead atoms. The minimum Gasteiger partial charge on any atom is -0.348 e. The lowest BCUT2D eigenvalue weighted by Gasteiger charge is -2.43. The monoisotopic (exact) mass is 433 g/mol. The van der Waals surface area contributed by atoms with Gasteiger partial charge in [0.15, 0.2) is 0 Å². The van der Waals surface area contributed by atoms with E-state index in [1.807, 2.05) is 11.0 Å². The lowest BCUT2D eigenvalue weighted by atomic mass is 9.73. The largest absolute Gasteiger partial charge is 0.348 e. The molecule has 2 aromatic heterocycles. The number of hydrogen-bond acceptors (Lipinski definition) is 4. The van der Waals surface area contributed by atoms with E-state index >= 15 is 0 Å². The lowest BCUT2D eigenvalue weighted by Crippen LogP contribution is -2.54. The van der Waals surface area contributed by atoms with Gasteiger partial charge in [0.25, 0.3) is 5.91 Å². The van der Waals surface area contributed by atoms with Gasteiger partial charge in [0.2, 0.25) is 5.91 Å². The average molecular weight is 434 g/mol. The number of likely N-dealkylation sites (tertiary alicyclic amines) is 1. The summed E-state index contributed by atoms with van der Waals surface area (Å²) in [6.45, 7) is 1.08. The highest BCUT2D eigenvalue weighted by Gasteiger charge is 2.44. The number of hydrogen-bond donors (Lipinski definition) is 0. The first-order chi connectivity index (χ1) is 15.0. The van der Waals surface area contributed by atoms with Crippen LogP contribution in [0.15, 0.2) is 66.3 Å². The Labute approximate surface area is 187 Å². The number of carbonyl (C=O) groups is 2. The molecule has 3 heterocycles. The summed E-state index contributed by atoms with van der Waals surface area (Å²) in [6.07, 6.45) is 5.44. The van der Waals surface area contributed by atoms with Gasteiger partial charge in [-0.2, -0.15) is 0 Å². The van der Waals surface area contributed by atoms with Gasteiger partial charge in [-0.25, -0.2) is 0 Å². The SMILES string of the molecule is CN(C)C(=O)[C@@]1(Cc2cccc(-c3cccs3)c2)CCCN(C(=O)c2cccnc2)C1. The molecule has 0 saturated carbocycles. The maximum absolute atomic E-state index is 13.4. The Bertz CT molecular complexity index is 1050. The Morgan fingerprint density at radius 2 is 2.03 bits per heavy atom. The van der Waals surface area contributed by atoms with Crippen molar-refractivity contribution in [1.82, 2.24) is 14.8 Å². The fraction of sp³-hybridized carbons (Fsp3) is 0.320. The van der Waals surface area contributed by atoms with Crippen molar-refractivity contribution >= 4 is 23.2 Å². The van der Waals surface area contributed by atoms with E-state index in [2.05, 4.69) is 40.7 Å². The van der Waals surface area contributed by atoms with Gasteiger partial charge in [0.1, 0.15) is 0 Å². The summed E-state index contributed by atoms with van der Waals surface area (Å²) < 4.78 is 0. The Balaban J connectivity index is 1.64. The van der Waals surface area contributed by atoms with E-state index in [1.165, 1.54) is 10.4 Å². The molecule has 2 amide bonds. The topological polar surface area (TPSA) is 53.5 Å². The standard InChI is InChI=1S/C25H27N3O2S/c1-27(2)24(30)25(16-19-7-3-8-20(15-19)22-10-5-14-31-22)11-6-13-28(18-25)23(29)21-9-4-12-26-17-21/h3-5,7-10,12,14-15,17H,6,11,13,16,18H2,1-2H3/t25-/m1/s1. The van der Waals surface area contributed by atoms with E-state index < -0.39 is 5.41 Å². The van der Waals surface area contributed by atoms with Crippen LogP contribution in [0, 0.1) is 5.41 Å². The van der Waals surface area contributed by atoms with Crippen LogP contribution in [0.4, 0.5) is 0 Å². The van der Waals surface area contributed by atoms with E-state index in [-0.39, 0.29) is 11.8 Å².